The maximum absolute atomic E-state index is 6.41. The Hall–Kier alpha value is -0.930. The summed E-state index contributed by atoms with van der Waals surface area (Å²) in [6, 6.07) is 0. The fourth-order valence-corrected chi connectivity index (χ4v) is 0.108. The van der Waals surface area contributed by atoms with Gasteiger partial charge in [0.25, 0.3) is 0 Å². The molecule has 3 N–H and O–H groups in total. The molecule has 0 aliphatic carbocycles. The van der Waals surface area contributed by atoms with Crippen LogP contribution in [0.1, 0.15) is 0 Å². The smallest absolute Gasteiger partial charge is 0.232 e. The van der Waals surface area contributed by atoms with Crippen LogP contribution in [-0.4, -0.2) is 13.0 Å². The standard InChI is InChI=1S/C2H6N4/c1-5-6-2(3)4/h1H3,(H3,3,4). The minimum Gasteiger partial charge on any atom is -0.367 e. The first kappa shape index (κ1) is 5.07. The third kappa shape index (κ3) is 3.07. The monoisotopic (exact) mass is 86.1 g/mol. The molecule has 0 aromatic carbocycles. The van der Waals surface area contributed by atoms with Gasteiger partial charge in [-0.15, -0.1) is 5.11 Å². The summed E-state index contributed by atoms with van der Waals surface area (Å²) in [4.78, 5) is 0. The van der Waals surface area contributed by atoms with E-state index in [2.05, 4.69) is 10.2 Å². The first-order valence-electron chi connectivity index (χ1n) is 1.41. The van der Waals surface area contributed by atoms with Gasteiger partial charge in [0.05, 0.1) is 0 Å². The molecule has 0 aromatic rings. The van der Waals surface area contributed by atoms with Crippen molar-refractivity contribution in [2.75, 3.05) is 7.05 Å². The highest BCUT2D eigenvalue weighted by molar-refractivity contribution is 5.74. The first-order chi connectivity index (χ1) is 2.77. The minimum atomic E-state index is -0.252. The van der Waals surface area contributed by atoms with Gasteiger partial charge in [0.1, 0.15) is 0 Å². The normalized spacial score (nSPS) is 9.50. The van der Waals surface area contributed by atoms with Crippen LogP contribution in [0.4, 0.5) is 0 Å². The summed E-state index contributed by atoms with van der Waals surface area (Å²) in [7, 11) is 1.46. The molecule has 0 rings (SSSR count). The van der Waals surface area contributed by atoms with Gasteiger partial charge in [0, 0.05) is 7.05 Å². The van der Waals surface area contributed by atoms with Gasteiger partial charge in [-0.25, -0.2) is 0 Å². The highest BCUT2D eigenvalue weighted by Gasteiger charge is 1.69. The van der Waals surface area contributed by atoms with Crippen molar-refractivity contribution in [1.82, 2.24) is 0 Å². The lowest BCUT2D eigenvalue weighted by molar-refractivity contribution is 1.16. The van der Waals surface area contributed by atoms with Crippen molar-refractivity contribution in [2.45, 2.75) is 0 Å². The van der Waals surface area contributed by atoms with E-state index < -0.39 is 0 Å². The van der Waals surface area contributed by atoms with Gasteiger partial charge >= 0.3 is 0 Å². The molecule has 0 aliphatic heterocycles. The van der Waals surface area contributed by atoms with E-state index in [-0.39, 0.29) is 5.96 Å². The molecule has 0 heterocycles. The molecular formula is C2H6N4. The van der Waals surface area contributed by atoms with E-state index >= 15 is 0 Å². The average Bonchev–Trinajstić information content (AvgIpc) is 1.35. The number of azo groups is 1. The second-order valence-corrected chi connectivity index (χ2v) is 0.685. The zero-order valence-corrected chi connectivity index (χ0v) is 3.47. The fourth-order valence-electron chi connectivity index (χ4n) is 0.108. The first-order valence-corrected chi connectivity index (χ1v) is 1.41. The third-order valence-electron chi connectivity index (χ3n) is 0.208. The Labute approximate surface area is 35.6 Å². The molecular weight excluding hydrogens is 80.1 g/mol. The Morgan fingerprint density at radius 1 is 1.83 bits per heavy atom. The number of nitrogens with two attached hydrogens (primary N) is 1. The third-order valence-corrected chi connectivity index (χ3v) is 0.208. The predicted molar refractivity (Wildman–Crippen MR) is 22.7 cm³/mol. The second-order valence-electron chi connectivity index (χ2n) is 0.685. The summed E-state index contributed by atoms with van der Waals surface area (Å²) in [5.74, 6) is -0.252. The predicted octanol–water partition coefficient (Wildman–Crippen LogP) is -0.0381. The van der Waals surface area contributed by atoms with Crippen LogP contribution in [0.3, 0.4) is 0 Å². The van der Waals surface area contributed by atoms with Gasteiger partial charge in [-0.2, -0.15) is 5.11 Å². The van der Waals surface area contributed by atoms with Crippen molar-refractivity contribution in [3.8, 4) is 0 Å². The number of nitrogens with zero attached hydrogens (tertiary/aromatic N) is 2. The van der Waals surface area contributed by atoms with Crippen LogP contribution in [-0.2, 0) is 0 Å². The summed E-state index contributed by atoms with van der Waals surface area (Å²) < 4.78 is 0. The topological polar surface area (TPSA) is 74.6 Å². The number of hydrogen-bond acceptors (Lipinski definition) is 2. The zero-order chi connectivity index (χ0) is 4.99. The van der Waals surface area contributed by atoms with Crippen LogP contribution in [0.5, 0.6) is 0 Å². The van der Waals surface area contributed by atoms with Crippen molar-refractivity contribution in [3.63, 3.8) is 0 Å². The Bertz CT molecular complexity index is 73.6. The van der Waals surface area contributed by atoms with Crippen LogP contribution in [0, 0.1) is 5.41 Å². The number of hydrogen-bond donors (Lipinski definition) is 2. The number of rotatable bonds is 0. The van der Waals surface area contributed by atoms with E-state index in [0.29, 0.717) is 0 Å². The van der Waals surface area contributed by atoms with E-state index in [1.165, 1.54) is 7.05 Å². The van der Waals surface area contributed by atoms with Crippen molar-refractivity contribution in [1.29, 1.82) is 5.41 Å². The van der Waals surface area contributed by atoms with E-state index in [4.69, 9.17) is 11.1 Å². The number of guanidine groups is 1. The van der Waals surface area contributed by atoms with Crippen LogP contribution in [0.25, 0.3) is 0 Å². The van der Waals surface area contributed by atoms with Gasteiger partial charge in [0.2, 0.25) is 5.96 Å². The molecule has 0 unspecified atom stereocenters. The highest BCUT2D eigenvalue weighted by atomic mass is 15.2. The second kappa shape index (κ2) is 2.32. The van der Waals surface area contributed by atoms with Gasteiger partial charge in [-0.3, -0.25) is 5.41 Å². The lowest BCUT2D eigenvalue weighted by atomic mass is 11.1. The van der Waals surface area contributed by atoms with Crippen LogP contribution in [0.15, 0.2) is 10.2 Å². The molecule has 0 saturated carbocycles. The van der Waals surface area contributed by atoms with Gasteiger partial charge < -0.3 is 5.73 Å². The molecule has 0 bridgehead atoms. The molecule has 34 valence electrons. The molecule has 0 atom stereocenters. The summed E-state index contributed by atoms with van der Waals surface area (Å²) in [6.45, 7) is 0. The van der Waals surface area contributed by atoms with Crippen molar-refractivity contribution >= 4 is 5.96 Å². The SMILES string of the molecule is CN=NC(=N)N. The van der Waals surface area contributed by atoms with Crippen molar-refractivity contribution in [2.24, 2.45) is 16.0 Å². The molecule has 0 radical (unpaired) electrons. The molecule has 0 aromatic heterocycles. The molecule has 0 spiro atoms. The van der Waals surface area contributed by atoms with E-state index in [1.807, 2.05) is 0 Å². The summed E-state index contributed by atoms with van der Waals surface area (Å²) >= 11 is 0. The van der Waals surface area contributed by atoms with Gasteiger partial charge in [-0.1, -0.05) is 0 Å². The van der Waals surface area contributed by atoms with E-state index in [9.17, 15) is 0 Å². The highest BCUT2D eigenvalue weighted by Crippen LogP contribution is 1.61. The van der Waals surface area contributed by atoms with Crippen molar-refractivity contribution in [3.05, 3.63) is 0 Å². The Morgan fingerprint density at radius 3 is 2.33 bits per heavy atom. The minimum absolute atomic E-state index is 0.252. The molecule has 4 nitrogen and oxygen atoms in total. The maximum atomic E-state index is 6.41. The van der Waals surface area contributed by atoms with E-state index in [1.54, 1.807) is 0 Å². The lowest BCUT2D eigenvalue weighted by Crippen LogP contribution is -2.03. The van der Waals surface area contributed by atoms with Crippen molar-refractivity contribution < 1.29 is 0 Å². The zero-order valence-electron chi connectivity index (χ0n) is 3.47. The quantitative estimate of drug-likeness (QED) is 0.242. The summed E-state index contributed by atoms with van der Waals surface area (Å²) in [6.07, 6.45) is 0. The molecule has 4 heteroatoms. The summed E-state index contributed by atoms with van der Waals surface area (Å²) in [5, 5.41) is 12.7. The maximum Gasteiger partial charge on any atom is 0.232 e. The Kier molecular flexibility index (Phi) is 1.96. The van der Waals surface area contributed by atoms with Crippen LogP contribution in [0.2, 0.25) is 0 Å². The lowest BCUT2D eigenvalue weighted by Gasteiger charge is -1.74. The van der Waals surface area contributed by atoms with Gasteiger partial charge in [0.15, 0.2) is 0 Å². The fraction of sp³-hybridized carbons (Fsp3) is 0.500. The largest absolute Gasteiger partial charge is 0.367 e. The van der Waals surface area contributed by atoms with Crippen LogP contribution >= 0.6 is 0 Å². The van der Waals surface area contributed by atoms with Crippen LogP contribution < -0.4 is 5.73 Å². The summed E-state index contributed by atoms with van der Waals surface area (Å²) in [5.41, 5.74) is 4.73. The molecule has 0 aliphatic rings. The van der Waals surface area contributed by atoms with E-state index in [0.717, 1.165) is 0 Å². The van der Waals surface area contributed by atoms with Gasteiger partial charge in [-0.05, 0) is 0 Å². The average molecular weight is 86.1 g/mol. The number of nitrogens with one attached hydrogen (secondary N) is 1. The Morgan fingerprint density at radius 2 is 2.33 bits per heavy atom. The molecule has 0 saturated heterocycles. The molecule has 0 amide bonds. The molecule has 6 heavy (non-hydrogen) atoms. The Balaban J connectivity index is 3.30. The molecule has 0 fully saturated rings.